The molecular weight excluding hydrogens is 337 g/mol. The van der Waals surface area contributed by atoms with Gasteiger partial charge in [0.05, 0.1) is 5.56 Å². The minimum Gasteiger partial charge on any atom is -0.484 e. The third kappa shape index (κ3) is 4.39. The lowest BCUT2D eigenvalue weighted by atomic mass is 9.95. The fourth-order valence-corrected chi connectivity index (χ4v) is 3.21. The van der Waals surface area contributed by atoms with E-state index in [4.69, 9.17) is 4.74 Å². The molecule has 1 atom stereocenters. The number of halogens is 1. The summed E-state index contributed by atoms with van der Waals surface area (Å²) in [6, 6.07) is 12.5. The SMILES string of the molecule is O=C(O)c1ccccc1CC1CCN(C(=O)COc2ccc(F)cc2)C1. The highest BCUT2D eigenvalue weighted by molar-refractivity contribution is 5.89. The average Bonchev–Trinajstić information content (AvgIpc) is 3.10. The number of likely N-dealkylation sites (tertiary alicyclic amines) is 1. The maximum Gasteiger partial charge on any atom is 0.335 e. The van der Waals surface area contributed by atoms with Crippen molar-refractivity contribution in [2.45, 2.75) is 12.8 Å². The summed E-state index contributed by atoms with van der Waals surface area (Å²) in [7, 11) is 0. The van der Waals surface area contributed by atoms with Gasteiger partial charge < -0.3 is 14.7 Å². The number of hydrogen-bond acceptors (Lipinski definition) is 3. The summed E-state index contributed by atoms with van der Waals surface area (Å²) in [5.74, 6) is -0.730. The van der Waals surface area contributed by atoms with Gasteiger partial charge in [-0.3, -0.25) is 4.79 Å². The van der Waals surface area contributed by atoms with Crippen LogP contribution in [0, 0.1) is 11.7 Å². The number of carboxylic acids is 1. The van der Waals surface area contributed by atoms with Gasteiger partial charge in [0, 0.05) is 13.1 Å². The number of rotatable bonds is 6. The van der Waals surface area contributed by atoms with E-state index in [2.05, 4.69) is 0 Å². The van der Waals surface area contributed by atoms with Gasteiger partial charge in [0.15, 0.2) is 6.61 Å². The largest absolute Gasteiger partial charge is 0.484 e. The minimum absolute atomic E-state index is 0.0932. The maximum atomic E-state index is 12.9. The third-order valence-corrected chi connectivity index (χ3v) is 4.57. The Hall–Kier alpha value is -2.89. The lowest BCUT2D eigenvalue weighted by Crippen LogP contribution is -2.33. The third-order valence-electron chi connectivity index (χ3n) is 4.57. The number of ether oxygens (including phenoxy) is 1. The van der Waals surface area contributed by atoms with E-state index >= 15 is 0 Å². The van der Waals surface area contributed by atoms with Crippen molar-refractivity contribution in [3.63, 3.8) is 0 Å². The Morgan fingerprint density at radius 3 is 2.62 bits per heavy atom. The van der Waals surface area contributed by atoms with E-state index in [1.54, 1.807) is 17.0 Å². The molecule has 0 saturated carbocycles. The van der Waals surface area contributed by atoms with Crippen molar-refractivity contribution in [2.75, 3.05) is 19.7 Å². The standard InChI is InChI=1S/C20H20FNO4/c21-16-5-7-17(8-6-16)26-13-19(23)22-10-9-14(12-22)11-15-3-1-2-4-18(15)20(24)25/h1-8,14H,9-13H2,(H,24,25). The summed E-state index contributed by atoms with van der Waals surface area (Å²) < 4.78 is 18.3. The summed E-state index contributed by atoms with van der Waals surface area (Å²) in [6.45, 7) is 1.12. The zero-order valence-corrected chi connectivity index (χ0v) is 14.2. The maximum absolute atomic E-state index is 12.9. The van der Waals surface area contributed by atoms with Crippen molar-refractivity contribution in [3.8, 4) is 5.75 Å². The van der Waals surface area contributed by atoms with Crippen LogP contribution in [-0.2, 0) is 11.2 Å². The number of benzene rings is 2. The Labute approximate surface area is 151 Å². The highest BCUT2D eigenvalue weighted by atomic mass is 19.1. The molecule has 0 bridgehead atoms. The van der Waals surface area contributed by atoms with Crippen LogP contribution < -0.4 is 4.74 Å². The molecule has 5 nitrogen and oxygen atoms in total. The van der Waals surface area contributed by atoms with Gasteiger partial charge in [0.1, 0.15) is 11.6 Å². The molecule has 1 amide bonds. The minimum atomic E-state index is -0.931. The molecule has 2 aromatic carbocycles. The summed E-state index contributed by atoms with van der Waals surface area (Å²) >= 11 is 0. The van der Waals surface area contributed by atoms with Gasteiger partial charge in [0.2, 0.25) is 0 Å². The number of carbonyl (C=O) groups is 2. The summed E-state index contributed by atoms with van der Waals surface area (Å²) in [4.78, 5) is 25.3. The van der Waals surface area contributed by atoms with Crippen LogP contribution >= 0.6 is 0 Å². The van der Waals surface area contributed by atoms with Gasteiger partial charge in [-0.25, -0.2) is 9.18 Å². The van der Waals surface area contributed by atoms with Gasteiger partial charge in [-0.15, -0.1) is 0 Å². The van der Waals surface area contributed by atoms with Gasteiger partial charge in [-0.1, -0.05) is 18.2 Å². The van der Waals surface area contributed by atoms with E-state index in [1.165, 1.54) is 24.3 Å². The molecule has 26 heavy (non-hydrogen) atoms. The smallest absolute Gasteiger partial charge is 0.335 e. The van der Waals surface area contributed by atoms with Crippen LogP contribution in [0.3, 0.4) is 0 Å². The van der Waals surface area contributed by atoms with Crippen molar-refractivity contribution in [1.82, 2.24) is 4.90 Å². The van der Waals surface area contributed by atoms with E-state index in [9.17, 15) is 19.1 Å². The number of amides is 1. The lowest BCUT2D eigenvalue weighted by molar-refractivity contribution is -0.132. The fraction of sp³-hybridized carbons (Fsp3) is 0.300. The second kappa shape index (κ2) is 7.99. The molecular formula is C20H20FNO4. The predicted octanol–water partition coefficient (Wildman–Crippen LogP) is 2.99. The highest BCUT2D eigenvalue weighted by Gasteiger charge is 2.27. The van der Waals surface area contributed by atoms with Gasteiger partial charge in [0.25, 0.3) is 5.91 Å². The Balaban J connectivity index is 1.52. The molecule has 6 heteroatoms. The Morgan fingerprint density at radius 2 is 1.88 bits per heavy atom. The molecule has 0 radical (unpaired) electrons. The molecule has 1 saturated heterocycles. The normalized spacial score (nSPS) is 16.5. The Morgan fingerprint density at radius 1 is 1.15 bits per heavy atom. The molecule has 1 N–H and O–H groups in total. The second-order valence-corrected chi connectivity index (χ2v) is 6.40. The molecule has 0 aromatic heterocycles. The average molecular weight is 357 g/mol. The van der Waals surface area contributed by atoms with Crippen LogP contribution in [0.2, 0.25) is 0 Å². The fourth-order valence-electron chi connectivity index (χ4n) is 3.21. The quantitative estimate of drug-likeness (QED) is 0.863. The number of carboxylic acid groups (broad SMARTS) is 1. The van der Waals surface area contributed by atoms with E-state index in [0.717, 1.165) is 12.0 Å². The predicted molar refractivity (Wildman–Crippen MR) is 93.7 cm³/mol. The first-order valence-electron chi connectivity index (χ1n) is 8.50. The lowest BCUT2D eigenvalue weighted by Gasteiger charge is -2.17. The zero-order chi connectivity index (χ0) is 18.5. The van der Waals surface area contributed by atoms with Crippen molar-refractivity contribution in [3.05, 3.63) is 65.5 Å². The number of aromatic carboxylic acids is 1. The summed E-state index contributed by atoms with van der Waals surface area (Å²) in [5, 5.41) is 9.27. The van der Waals surface area contributed by atoms with Crippen molar-refractivity contribution < 1.29 is 23.8 Å². The topological polar surface area (TPSA) is 66.8 Å². The molecule has 1 fully saturated rings. The van der Waals surface area contributed by atoms with Crippen LogP contribution in [0.4, 0.5) is 4.39 Å². The Kier molecular flexibility index (Phi) is 5.51. The highest BCUT2D eigenvalue weighted by Crippen LogP contribution is 2.23. The van der Waals surface area contributed by atoms with Gasteiger partial charge in [-0.2, -0.15) is 0 Å². The van der Waals surface area contributed by atoms with Gasteiger partial charge >= 0.3 is 5.97 Å². The van der Waals surface area contributed by atoms with Gasteiger partial charge in [-0.05, 0) is 54.7 Å². The summed E-state index contributed by atoms with van der Waals surface area (Å²) in [5.41, 5.74) is 1.11. The van der Waals surface area contributed by atoms with Crippen molar-refractivity contribution >= 4 is 11.9 Å². The van der Waals surface area contributed by atoms with Crippen molar-refractivity contribution in [2.24, 2.45) is 5.92 Å². The molecule has 2 aromatic rings. The van der Waals surface area contributed by atoms with E-state index in [1.807, 2.05) is 12.1 Å². The second-order valence-electron chi connectivity index (χ2n) is 6.40. The van der Waals surface area contributed by atoms with E-state index in [0.29, 0.717) is 30.8 Å². The summed E-state index contributed by atoms with van der Waals surface area (Å²) in [6.07, 6.45) is 1.46. The first kappa shape index (κ1) is 17.9. The van der Waals surface area contributed by atoms with Crippen LogP contribution in [0.5, 0.6) is 5.75 Å². The number of nitrogens with zero attached hydrogens (tertiary/aromatic N) is 1. The number of carbonyl (C=O) groups excluding carboxylic acids is 1. The Bertz CT molecular complexity index is 791. The molecule has 3 rings (SSSR count). The zero-order valence-electron chi connectivity index (χ0n) is 14.2. The van der Waals surface area contributed by atoms with Crippen LogP contribution in [0.1, 0.15) is 22.3 Å². The first-order chi connectivity index (χ1) is 12.5. The number of hydrogen-bond donors (Lipinski definition) is 1. The van der Waals surface area contributed by atoms with Crippen LogP contribution in [0.15, 0.2) is 48.5 Å². The monoisotopic (exact) mass is 357 g/mol. The van der Waals surface area contributed by atoms with Crippen molar-refractivity contribution in [1.29, 1.82) is 0 Å². The molecule has 1 unspecified atom stereocenters. The molecule has 1 aliphatic heterocycles. The van der Waals surface area contributed by atoms with E-state index in [-0.39, 0.29) is 24.2 Å². The first-order valence-corrected chi connectivity index (χ1v) is 8.50. The van der Waals surface area contributed by atoms with Crippen LogP contribution in [-0.4, -0.2) is 41.6 Å². The molecule has 0 spiro atoms. The molecule has 0 aliphatic carbocycles. The molecule has 136 valence electrons. The van der Waals surface area contributed by atoms with E-state index < -0.39 is 5.97 Å². The van der Waals surface area contributed by atoms with Crippen LogP contribution in [0.25, 0.3) is 0 Å². The molecule has 1 heterocycles. The molecule has 1 aliphatic rings.